The van der Waals surface area contributed by atoms with Crippen molar-refractivity contribution in [2.24, 2.45) is 0 Å². The minimum absolute atomic E-state index is 0.00398. The molecule has 1 fully saturated rings. The fraction of sp³-hybridized carbons (Fsp3) is 0.300. The molecule has 0 amide bonds. The third kappa shape index (κ3) is 5.37. The number of anilines is 2. The number of piperidine rings is 1. The van der Waals surface area contributed by atoms with Gasteiger partial charge in [0.15, 0.2) is 0 Å². The number of imidazole rings is 1. The predicted molar refractivity (Wildman–Crippen MR) is 155 cm³/mol. The van der Waals surface area contributed by atoms with Gasteiger partial charge in [0.25, 0.3) is 5.56 Å². The summed E-state index contributed by atoms with van der Waals surface area (Å²) >= 11 is 0. The molecule has 4 heterocycles. The van der Waals surface area contributed by atoms with Crippen LogP contribution in [0.4, 0.5) is 24.5 Å². The number of likely N-dealkylation sites (tertiary alicyclic amines) is 1. The number of para-hydroxylation sites is 1. The molecule has 1 unspecified atom stereocenters. The van der Waals surface area contributed by atoms with Crippen LogP contribution in [-0.2, 0) is 6.18 Å². The Balaban J connectivity index is 1.47. The quantitative estimate of drug-likeness (QED) is 0.198. The van der Waals surface area contributed by atoms with E-state index in [9.17, 15) is 18.0 Å². The fourth-order valence-corrected chi connectivity index (χ4v) is 5.44. The van der Waals surface area contributed by atoms with E-state index in [-0.39, 0.29) is 34.7 Å². The predicted octanol–water partition coefficient (Wildman–Crippen LogP) is 6.16. The molecule has 8 nitrogen and oxygen atoms in total. The SMILES string of the molecule is CC(Nc1c(-c2nc3cc(C(F)(F)F)c(NC4CCN(C)CC4)cc3[nH]2)c(=O)[nH]c2ccccc12)c1ccccn1. The van der Waals surface area contributed by atoms with Gasteiger partial charge in [0, 0.05) is 23.3 Å². The topological polar surface area (TPSA) is 102 Å². The first-order valence-electron chi connectivity index (χ1n) is 13.6. The van der Waals surface area contributed by atoms with Gasteiger partial charge >= 0.3 is 6.18 Å². The van der Waals surface area contributed by atoms with Crippen molar-refractivity contribution in [3.63, 3.8) is 0 Å². The van der Waals surface area contributed by atoms with Crippen LogP contribution in [0.2, 0.25) is 0 Å². The summed E-state index contributed by atoms with van der Waals surface area (Å²) in [7, 11) is 2.00. The molecule has 4 N–H and O–H groups in total. The highest BCUT2D eigenvalue weighted by Crippen LogP contribution is 2.39. The van der Waals surface area contributed by atoms with Gasteiger partial charge in [-0.3, -0.25) is 9.78 Å². The van der Waals surface area contributed by atoms with Crippen LogP contribution < -0.4 is 16.2 Å². The molecule has 1 aliphatic heterocycles. The Labute approximate surface area is 234 Å². The Bertz CT molecular complexity index is 1760. The van der Waals surface area contributed by atoms with Crippen molar-refractivity contribution in [1.29, 1.82) is 0 Å². The van der Waals surface area contributed by atoms with Gasteiger partial charge in [-0.2, -0.15) is 13.2 Å². The summed E-state index contributed by atoms with van der Waals surface area (Å²) in [6.07, 6.45) is -1.39. The van der Waals surface area contributed by atoms with Gasteiger partial charge in [0.05, 0.1) is 39.5 Å². The van der Waals surface area contributed by atoms with E-state index in [1.165, 1.54) is 6.07 Å². The number of halogens is 3. The summed E-state index contributed by atoms with van der Waals surface area (Å²) in [5.41, 5.74) is 1.45. The van der Waals surface area contributed by atoms with Crippen LogP contribution in [0.25, 0.3) is 33.3 Å². The van der Waals surface area contributed by atoms with Gasteiger partial charge in [-0.1, -0.05) is 24.3 Å². The van der Waals surface area contributed by atoms with Crippen LogP contribution in [0.1, 0.15) is 37.1 Å². The monoisotopic (exact) mass is 561 g/mol. The zero-order valence-electron chi connectivity index (χ0n) is 22.6. The Morgan fingerprint density at radius 3 is 2.51 bits per heavy atom. The summed E-state index contributed by atoms with van der Waals surface area (Å²) in [6.45, 7) is 3.55. The van der Waals surface area contributed by atoms with Crippen molar-refractivity contribution in [3.05, 3.63) is 82.4 Å². The molecule has 3 aromatic heterocycles. The minimum Gasteiger partial charge on any atom is -0.382 e. The molecule has 41 heavy (non-hydrogen) atoms. The Kier molecular flexibility index (Phi) is 6.90. The molecule has 5 aromatic rings. The second-order valence-corrected chi connectivity index (χ2v) is 10.6. The number of aromatic amines is 2. The second-order valence-electron chi connectivity index (χ2n) is 10.6. The molecule has 11 heteroatoms. The number of nitrogens with one attached hydrogen (secondary N) is 4. The maximum Gasteiger partial charge on any atom is 0.418 e. The number of rotatable bonds is 6. The molecular weight excluding hydrogens is 531 g/mol. The van der Waals surface area contributed by atoms with Crippen LogP contribution in [0.5, 0.6) is 0 Å². The molecule has 212 valence electrons. The van der Waals surface area contributed by atoms with Crippen molar-refractivity contribution in [2.45, 2.75) is 38.0 Å². The number of H-pyrrole nitrogens is 2. The van der Waals surface area contributed by atoms with Gasteiger partial charge in [0.2, 0.25) is 0 Å². The lowest BCUT2D eigenvalue weighted by atomic mass is 10.0. The average Bonchev–Trinajstić information content (AvgIpc) is 3.36. The van der Waals surface area contributed by atoms with Crippen LogP contribution in [0.15, 0.2) is 65.6 Å². The van der Waals surface area contributed by atoms with E-state index in [0.29, 0.717) is 16.7 Å². The van der Waals surface area contributed by atoms with E-state index in [2.05, 4.69) is 35.5 Å². The van der Waals surface area contributed by atoms with Gasteiger partial charge < -0.3 is 25.5 Å². The van der Waals surface area contributed by atoms with Crippen molar-refractivity contribution in [3.8, 4) is 11.4 Å². The smallest absolute Gasteiger partial charge is 0.382 e. The molecule has 2 aromatic carbocycles. The number of alkyl halides is 3. The van der Waals surface area contributed by atoms with E-state index < -0.39 is 17.3 Å². The molecule has 0 aliphatic carbocycles. The van der Waals surface area contributed by atoms with Crippen molar-refractivity contribution >= 4 is 33.3 Å². The molecule has 1 saturated heterocycles. The molecule has 6 rings (SSSR count). The number of pyridine rings is 2. The zero-order valence-corrected chi connectivity index (χ0v) is 22.6. The maximum atomic E-state index is 14.2. The molecule has 1 atom stereocenters. The van der Waals surface area contributed by atoms with Crippen molar-refractivity contribution in [1.82, 2.24) is 24.8 Å². The van der Waals surface area contributed by atoms with Crippen molar-refractivity contribution in [2.75, 3.05) is 30.8 Å². The third-order valence-corrected chi connectivity index (χ3v) is 7.66. The maximum absolute atomic E-state index is 14.2. The third-order valence-electron chi connectivity index (χ3n) is 7.66. The number of benzene rings is 2. The van der Waals surface area contributed by atoms with E-state index in [0.717, 1.165) is 43.1 Å². The largest absolute Gasteiger partial charge is 0.418 e. The number of nitrogens with zero attached hydrogens (tertiary/aromatic N) is 3. The standard InChI is InChI=1S/C30H30F3N7O/c1-17(21-8-5-6-12-34-21)35-27-19-7-3-4-9-22(19)39-29(41)26(27)28-37-24-15-20(30(31,32)33)23(16-25(24)38-28)36-18-10-13-40(2)14-11-18/h3-9,12,15-18,36H,10-11,13-14H2,1-2H3,(H,37,38)(H2,35,39,41). The van der Waals surface area contributed by atoms with E-state index >= 15 is 0 Å². The summed E-state index contributed by atoms with van der Waals surface area (Å²) < 4.78 is 42.5. The Morgan fingerprint density at radius 1 is 1.02 bits per heavy atom. The first-order valence-corrected chi connectivity index (χ1v) is 13.6. The van der Waals surface area contributed by atoms with Crippen molar-refractivity contribution < 1.29 is 13.2 Å². The first kappa shape index (κ1) is 26.8. The van der Waals surface area contributed by atoms with E-state index in [1.54, 1.807) is 12.3 Å². The number of fused-ring (bicyclic) bond motifs is 2. The lowest BCUT2D eigenvalue weighted by Gasteiger charge is -2.31. The normalized spacial score (nSPS) is 15.8. The van der Waals surface area contributed by atoms with E-state index in [4.69, 9.17) is 0 Å². The fourth-order valence-electron chi connectivity index (χ4n) is 5.44. The highest BCUT2D eigenvalue weighted by molar-refractivity contribution is 5.99. The summed E-state index contributed by atoms with van der Waals surface area (Å²) in [5.74, 6) is 0.173. The van der Waals surface area contributed by atoms with E-state index in [1.807, 2.05) is 50.4 Å². The molecule has 0 radical (unpaired) electrons. The number of aromatic nitrogens is 4. The average molecular weight is 562 g/mol. The highest BCUT2D eigenvalue weighted by atomic mass is 19.4. The van der Waals surface area contributed by atoms with Crippen LogP contribution >= 0.6 is 0 Å². The van der Waals surface area contributed by atoms with Crippen LogP contribution in [-0.4, -0.2) is 51.0 Å². The number of hydrogen-bond acceptors (Lipinski definition) is 6. The minimum atomic E-state index is -4.58. The highest BCUT2D eigenvalue weighted by Gasteiger charge is 2.35. The molecule has 0 bridgehead atoms. The lowest BCUT2D eigenvalue weighted by molar-refractivity contribution is -0.136. The Morgan fingerprint density at radius 2 is 1.78 bits per heavy atom. The summed E-state index contributed by atoms with van der Waals surface area (Å²) in [5, 5.41) is 7.29. The molecule has 1 aliphatic rings. The summed E-state index contributed by atoms with van der Waals surface area (Å²) in [4.78, 5) is 30.6. The zero-order chi connectivity index (χ0) is 28.7. The molecular formula is C30H30F3N7O. The second kappa shape index (κ2) is 10.5. The van der Waals surface area contributed by atoms with Crippen LogP contribution in [0, 0.1) is 0 Å². The van der Waals surface area contributed by atoms with Gasteiger partial charge in [-0.15, -0.1) is 0 Å². The Hall–Kier alpha value is -4.38. The summed E-state index contributed by atoms with van der Waals surface area (Å²) in [6, 6.07) is 15.1. The van der Waals surface area contributed by atoms with Gasteiger partial charge in [-0.25, -0.2) is 4.98 Å². The lowest BCUT2D eigenvalue weighted by Crippen LogP contribution is -2.37. The number of hydrogen-bond donors (Lipinski definition) is 4. The van der Waals surface area contributed by atoms with Gasteiger partial charge in [0.1, 0.15) is 11.4 Å². The first-order chi connectivity index (χ1) is 19.7. The van der Waals surface area contributed by atoms with Gasteiger partial charge in [-0.05, 0) is 70.2 Å². The molecule has 0 saturated carbocycles. The molecule has 0 spiro atoms. The van der Waals surface area contributed by atoms with Crippen LogP contribution in [0.3, 0.4) is 0 Å².